The first-order valence-corrected chi connectivity index (χ1v) is 13.6. The van der Waals surface area contributed by atoms with Gasteiger partial charge in [0.25, 0.3) is 0 Å². The highest BCUT2D eigenvalue weighted by Gasteiger charge is 2.06. The maximum Gasteiger partial charge on any atom is 0.407 e. The summed E-state index contributed by atoms with van der Waals surface area (Å²) < 4.78 is 4.87. The molecule has 0 spiro atoms. The maximum absolute atomic E-state index is 11.4. The Kier molecular flexibility index (Phi) is 28.0. The van der Waals surface area contributed by atoms with Crippen molar-refractivity contribution in [3.05, 3.63) is 12.7 Å². The lowest BCUT2D eigenvalue weighted by molar-refractivity contribution is -0.327. The number of nitrogens with zero attached hydrogens (tertiary/aromatic N) is 4. The molecule has 1 amide bonds. The molecule has 0 aromatic rings. The molecular weight excluding hydrogens is 492 g/mol. The Labute approximate surface area is 226 Å². The van der Waals surface area contributed by atoms with Crippen LogP contribution in [0.4, 0.5) is 4.79 Å². The van der Waals surface area contributed by atoms with Crippen molar-refractivity contribution in [2.75, 3.05) is 52.6 Å². The van der Waals surface area contributed by atoms with Crippen LogP contribution in [0.25, 0.3) is 0 Å². The minimum atomic E-state index is -0.427. The number of amides is 1. The van der Waals surface area contributed by atoms with Gasteiger partial charge in [-0.1, -0.05) is 51.2 Å². The first-order valence-electron chi connectivity index (χ1n) is 13.6. The van der Waals surface area contributed by atoms with E-state index in [1.165, 1.54) is 17.7 Å². The summed E-state index contributed by atoms with van der Waals surface area (Å²) in [5.74, 6) is 0. The van der Waals surface area contributed by atoms with Gasteiger partial charge in [0.2, 0.25) is 12.2 Å². The van der Waals surface area contributed by atoms with E-state index >= 15 is 0 Å². The van der Waals surface area contributed by atoms with Gasteiger partial charge in [-0.05, 0) is 50.3 Å². The molecule has 12 nitrogen and oxygen atoms in total. The third kappa shape index (κ3) is 27.7. The van der Waals surface area contributed by atoms with Crippen LogP contribution in [0.5, 0.6) is 0 Å². The van der Waals surface area contributed by atoms with E-state index in [2.05, 4.69) is 32.2 Å². The van der Waals surface area contributed by atoms with Crippen LogP contribution >= 0.6 is 0 Å². The fourth-order valence-electron chi connectivity index (χ4n) is 3.20. The summed E-state index contributed by atoms with van der Waals surface area (Å²) in [5.41, 5.74) is 0. The second-order valence-electron chi connectivity index (χ2n) is 8.45. The molecule has 0 saturated heterocycles. The molecule has 216 valence electrons. The number of carbonyl (C=O) groups excluding carboxylic acids is 3. The lowest BCUT2D eigenvalue weighted by atomic mass is 10.2. The van der Waals surface area contributed by atoms with Gasteiger partial charge in [0.15, 0.2) is 6.40 Å². The number of nitrogens with one attached hydrogen (secondary N) is 2. The number of alkyl carbamates (subject to hydrolysis) is 1. The summed E-state index contributed by atoms with van der Waals surface area (Å²) >= 11 is 0. The molecule has 38 heavy (non-hydrogen) atoms. The first-order chi connectivity index (χ1) is 18.7. The van der Waals surface area contributed by atoms with Gasteiger partial charge < -0.3 is 14.9 Å². The second-order valence-corrected chi connectivity index (χ2v) is 8.45. The zero-order chi connectivity index (χ0) is 27.8. The van der Waals surface area contributed by atoms with Gasteiger partial charge in [0, 0.05) is 13.1 Å². The molecule has 0 aliphatic heterocycles. The molecule has 0 bridgehead atoms. The van der Waals surface area contributed by atoms with E-state index < -0.39 is 6.09 Å². The molecule has 0 aromatic carbocycles. The predicted molar refractivity (Wildman–Crippen MR) is 146 cm³/mol. The molecule has 0 radical (unpaired) electrons. The van der Waals surface area contributed by atoms with Crippen LogP contribution in [-0.4, -0.2) is 82.5 Å². The van der Waals surface area contributed by atoms with E-state index in [1.54, 1.807) is 12.2 Å². The highest BCUT2D eigenvalue weighted by Crippen LogP contribution is 2.04. The molecule has 12 heteroatoms. The molecule has 0 heterocycles. The Bertz CT molecular complexity index is 696. The minimum Gasteiger partial charge on any atom is -0.445 e. The maximum atomic E-state index is 11.4. The van der Waals surface area contributed by atoms with Gasteiger partial charge in [-0.15, -0.1) is 0 Å². The Balaban J connectivity index is 4.09. The summed E-state index contributed by atoms with van der Waals surface area (Å²) in [6.07, 6.45) is 17.1. The second kappa shape index (κ2) is 30.3. The van der Waals surface area contributed by atoms with Crippen molar-refractivity contribution in [2.45, 2.75) is 77.0 Å². The number of hydrogen-bond donors (Lipinski definition) is 2. The monoisotopic (exact) mass is 538 g/mol. The number of unbranched alkanes of at least 4 members (excludes halogenated alkanes) is 9. The van der Waals surface area contributed by atoms with Crippen molar-refractivity contribution in [3.63, 3.8) is 0 Å². The van der Waals surface area contributed by atoms with Gasteiger partial charge in [0.05, 0.1) is 19.6 Å². The highest BCUT2D eigenvalue weighted by molar-refractivity contribution is 5.67. The van der Waals surface area contributed by atoms with Gasteiger partial charge >= 0.3 is 6.09 Å². The summed E-state index contributed by atoms with van der Waals surface area (Å²) in [4.78, 5) is 54.1. The van der Waals surface area contributed by atoms with Crippen molar-refractivity contribution in [2.24, 2.45) is 15.0 Å². The van der Waals surface area contributed by atoms with E-state index in [-0.39, 0.29) is 6.61 Å². The molecule has 2 N–H and O–H groups in total. The third-order valence-electron chi connectivity index (χ3n) is 5.23. The number of rotatable bonds is 28. The van der Waals surface area contributed by atoms with Gasteiger partial charge in [-0.3, -0.25) is 10.3 Å². The Morgan fingerprint density at radius 3 is 2.08 bits per heavy atom. The lowest BCUT2D eigenvalue weighted by Crippen LogP contribution is -2.31. The van der Waals surface area contributed by atoms with Crippen LogP contribution in [0, 0.1) is 0 Å². The Morgan fingerprint density at radius 2 is 1.42 bits per heavy atom. The smallest absolute Gasteiger partial charge is 0.407 e. The van der Waals surface area contributed by atoms with Crippen LogP contribution in [0.2, 0.25) is 0 Å². The predicted octanol–water partition coefficient (Wildman–Crippen LogP) is 3.99. The largest absolute Gasteiger partial charge is 0.445 e. The van der Waals surface area contributed by atoms with Gasteiger partial charge in [-0.2, -0.15) is 0 Å². The minimum absolute atomic E-state index is 0.204. The highest BCUT2D eigenvalue weighted by atomic mass is 16.9. The average molecular weight is 539 g/mol. The van der Waals surface area contributed by atoms with E-state index in [9.17, 15) is 14.4 Å². The summed E-state index contributed by atoms with van der Waals surface area (Å²) in [5, 5.41) is 7.38. The van der Waals surface area contributed by atoms with Crippen molar-refractivity contribution in [1.29, 1.82) is 0 Å². The third-order valence-corrected chi connectivity index (χ3v) is 5.23. The fourth-order valence-corrected chi connectivity index (χ4v) is 3.20. The number of hydrogen-bond acceptors (Lipinski definition) is 11. The number of carbonyl (C=O) groups is 1. The van der Waals surface area contributed by atoms with Crippen molar-refractivity contribution >= 4 is 24.7 Å². The molecule has 0 unspecified atom stereocenters. The molecular formula is C26H46N6O6. The summed E-state index contributed by atoms with van der Waals surface area (Å²) in [6, 6.07) is 0. The molecule has 0 atom stereocenters. The summed E-state index contributed by atoms with van der Waals surface area (Å²) in [6.45, 7) is 7.73. The zero-order valence-electron chi connectivity index (χ0n) is 22.7. The molecule has 0 aliphatic carbocycles. The van der Waals surface area contributed by atoms with E-state index in [4.69, 9.17) is 14.4 Å². The molecule has 0 saturated carbocycles. The number of hydroxylamine groups is 2. The van der Waals surface area contributed by atoms with Crippen molar-refractivity contribution in [3.8, 4) is 0 Å². The molecule has 0 aromatic heterocycles. The van der Waals surface area contributed by atoms with Crippen LogP contribution in [-0.2, 0) is 24.0 Å². The van der Waals surface area contributed by atoms with Gasteiger partial charge in [-0.25, -0.2) is 29.2 Å². The molecule has 0 fully saturated rings. The average Bonchev–Trinajstić information content (AvgIpc) is 2.92. The van der Waals surface area contributed by atoms with Gasteiger partial charge in [0.1, 0.15) is 13.3 Å². The van der Waals surface area contributed by atoms with E-state index in [1.807, 2.05) is 0 Å². The first kappa shape index (κ1) is 35.1. The van der Waals surface area contributed by atoms with Crippen LogP contribution in [0.3, 0.4) is 0 Å². The van der Waals surface area contributed by atoms with Crippen molar-refractivity contribution < 1.29 is 28.8 Å². The van der Waals surface area contributed by atoms with E-state index in [0.717, 1.165) is 83.6 Å². The lowest BCUT2D eigenvalue weighted by Gasteiger charge is -2.19. The standard InChI is InChI=1S/C26H46N6O6/c1-2-21-36-26(35)31-19-13-7-8-14-20-32(37-24-29-17-11-5-3-9-15-27-22-33)38-25-30-18-12-6-4-10-16-28-23-34/h2,24,30H,1,3-21,25H2,(H,31,35). The quantitative estimate of drug-likeness (QED) is 0.0289. The normalized spacial score (nSPS) is 10.7. The SMILES string of the molecule is C=CCOC(=O)NCCCCCCN(OC=NCCCCCCN=C=O)OCNCCCCCCN=C=O. The summed E-state index contributed by atoms with van der Waals surface area (Å²) in [7, 11) is 0. The van der Waals surface area contributed by atoms with Crippen LogP contribution in [0.1, 0.15) is 77.0 Å². The Hall–Kier alpha value is -2.88. The van der Waals surface area contributed by atoms with E-state index in [0.29, 0.717) is 39.5 Å². The topological polar surface area (TPSA) is 143 Å². The van der Waals surface area contributed by atoms with Crippen molar-refractivity contribution in [1.82, 2.24) is 15.9 Å². The molecule has 0 rings (SSSR count). The number of ether oxygens (including phenoxy) is 1. The van der Waals surface area contributed by atoms with Crippen LogP contribution < -0.4 is 10.6 Å². The molecule has 0 aliphatic rings. The Morgan fingerprint density at radius 1 is 0.816 bits per heavy atom. The number of isocyanates is 2. The zero-order valence-corrected chi connectivity index (χ0v) is 22.7. The van der Waals surface area contributed by atoms with Crippen LogP contribution in [0.15, 0.2) is 27.6 Å². The number of aliphatic imine (C=N–C) groups is 3. The fraction of sp³-hybridized carbons (Fsp3) is 0.769.